The SMILES string of the molecule is CCC(CC)N(CC(F)(F)F)C(=O)c1ccncc1F. The Labute approximate surface area is 114 Å². The van der Waals surface area contributed by atoms with Crippen LogP contribution in [0.3, 0.4) is 0 Å². The smallest absolute Gasteiger partial charge is 0.326 e. The number of nitrogens with zero attached hydrogens (tertiary/aromatic N) is 2. The van der Waals surface area contributed by atoms with E-state index in [0.717, 1.165) is 12.3 Å². The van der Waals surface area contributed by atoms with Crippen LogP contribution in [0.4, 0.5) is 17.6 Å². The highest BCUT2D eigenvalue weighted by molar-refractivity contribution is 5.94. The maximum Gasteiger partial charge on any atom is 0.406 e. The molecule has 1 aromatic heterocycles. The van der Waals surface area contributed by atoms with Crippen LogP contribution in [0.5, 0.6) is 0 Å². The monoisotopic (exact) mass is 292 g/mol. The van der Waals surface area contributed by atoms with Gasteiger partial charge in [0.05, 0.1) is 11.8 Å². The zero-order valence-electron chi connectivity index (χ0n) is 11.2. The Morgan fingerprint density at radius 1 is 1.35 bits per heavy atom. The highest BCUT2D eigenvalue weighted by Crippen LogP contribution is 2.23. The molecule has 1 heterocycles. The van der Waals surface area contributed by atoms with Crippen LogP contribution in [0.2, 0.25) is 0 Å². The van der Waals surface area contributed by atoms with Crippen LogP contribution in [-0.4, -0.2) is 34.6 Å². The van der Waals surface area contributed by atoms with Gasteiger partial charge in [0.2, 0.25) is 0 Å². The summed E-state index contributed by atoms with van der Waals surface area (Å²) in [5.41, 5.74) is -0.392. The molecule has 0 saturated heterocycles. The summed E-state index contributed by atoms with van der Waals surface area (Å²) < 4.78 is 51.4. The molecule has 7 heteroatoms. The number of hydrogen-bond acceptors (Lipinski definition) is 2. The predicted molar refractivity (Wildman–Crippen MR) is 65.7 cm³/mol. The van der Waals surface area contributed by atoms with Gasteiger partial charge < -0.3 is 4.90 Å². The molecule has 0 fully saturated rings. The van der Waals surface area contributed by atoms with E-state index in [2.05, 4.69) is 4.98 Å². The number of alkyl halides is 3. The molecule has 1 amide bonds. The average Bonchev–Trinajstić information content (AvgIpc) is 2.37. The molecule has 20 heavy (non-hydrogen) atoms. The Kier molecular flexibility index (Phi) is 5.47. The Morgan fingerprint density at radius 2 is 1.95 bits per heavy atom. The van der Waals surface area contributed by atoms with Crippen LogP contribution >= 0.6 is 0 Å². The van der Waals surface area contributed by atoms with E-state index in [1.807, 2.05) is 0 Å². The number of pyridine rings is 1. The topological polar surface area (TPSA) is 33.2 Å². The lowest BCUT2D eigenvalue weighted by Crippen LogP contribution is -2.45. The zero-order chi connectivity index (χ0) is 15.3. The molecule has 0 aliphatic rings. The van der Waals surface area contributed by atoms with Crippen LogP contribution in [0.1, 0.15) is 37.0 Å². The fourth-order valence-corrected chi connectivity index (χ4v) is 1.99. The summed E-state index contributed by atoms with van der Waals surface area (Å²) in [6, 6.07) is 0.500. The lowest BCUT2D eigenvalue weighted by Gasteiger charge is -2.31. The summed E-state index contributed by atoms with van der Waals surface area (Å²) >= 11 is 0. The van der Waals surface area contributed by atoms with Crippen molar-refractivity contribution in [3.05, 3.63) is 29.8 Å². The minimum absolute atomic E-state index is 0.366. The number of halogens is 4. The standard InChI is InChI=1S/C13H16F4N2O/c1-3-9(4-2)19(8-13(15,16)17)12(20)10-5-6-18-7-11(10)14/h5-7,9H,3-4,8H2,1-2H3. The summed E-state index contributed by atoms with van der Waals surface area (Å²) in [4.78, 5) is 16.3. The van der Waals surface area contributed by atoms with Crippen LogP contribution in [0.15, 0.2) is 18.5 Å². The molecule has 0 aromatic carbocycles. The Bertz CT molecular complexity index is 458. The number of carbonyl (C=O) groups is 1. The van der Waals surface area contributed by atoms with Crippen LogP contribution in [0.25, 0.3) is 0 Å². The summed E-state index contributed by atoms with van der Waals surface area (Å²) in [5.74, 6) is -1.88. The lowest BCUT2D eigenvalue weighted by atomic mass is 10.1. The van der Waals surface area contributed by atoms with Gasteiger partial charge in [0.1, 0.15) is 6.54 Å². The van der Waals surface area contributed by atoms with Crippen molar-refractivity contribution in [3.63, 3.8) is 0 Å². The van der Waals surface area contributed by atoms with Crippen LogP contribution in [-0.2, 0) is 0 Å². The second kappa shape index (κ2) is 6.67. The Morgan fingerprint density at radius 3 is 2.40 bits per heavy atom. The van der Waals surface area contributed by atoms with Crippen molar-refractivity contribution in [1.82, 2.24) is 9.88 Å². The van der Waals surface area contributed by atoms with E-state index in [-0.39, 0.29) is 0 Å². The molecule has 0 unspecified atom stereocenters. The fraction of sp³-hybridized carbons (Fsp3) is 0.538. The molecule has 0 atom stereocenters. The van der Waals surface area contributed by atoms with Crippen molar-refractivity contribution in [3.8, 4) is 0 Å². The van der Waals surface area contributed by atoms with Crippen molar-refractivity contribution < 1.29 is 22.4 Å². The van der Waals surface area contributed by atoms with Crippen molar-refractivity contribution in [2.24, 2.45) is 0 Å². The molecule has 0 radical (unpaired) electrons. The number of carbonyl (C=O) groups excluding carboxylic acids is 1. The van der Waals surface area contributed by atoms with E-state index < -0.39 is 36.1 Å². The molecule has 0 bridgehead atoms. The van der Waals surface area contributed by atoms with Gasteiger partial charge >= 0.3 is 6.18 Å². The molecule has 1 rings (SSSR count). The third kappa shape index (κ3) is 4.18. The third-order valence-electron chi connectivity index (χ3n) is 3.00. The van der Waals surface area contributed by atoms with Gasteiger partial charge in [-0.2, -0.15) is 13.2 Å². The van der Waals surface area contributed by atoms with Gasteiger partial charge in [-0.3, -0.25) is 9.78 Å². The molecule has 0 aliphatic carbocycles. The normalized spacial score (nSPS) is 11.8. The maximum absolute atomic E-state index is 13.5. The first-order valence-corrected chi connectivity index (χ1v) is 6.27. The van der Waals surface area contributed by atoms with Gasteiger partial charge in [0, 0.05) is 12.2 Å². The zero-order valence-corrected chi connectivity index (χ0v) is 11.2. The van der Waals surface area contributed by atoms with E-state index in [0.29, 0.717) is 17.7 Å². The van der Waals surface area contributed by atoms with Crippen LogP contribution < -0.4 is 0 Å². The van der Waals surface area contributed by atoms with Gasteiger partial charge in [-0.25, -0.2) is 4.39 Å². The van der Waals surface area contributed by atoms with Gasteiger partial charge in [-0.1, -0.05) is 13.8 Å². The molecule has 0 aliphatic heterocycles. The first kappa shape index (κ1) is 16.4. The summed E-state index contributed by atoms with van der Waals surface area (Å²) in [7, 11) is 0. The number of hydrogen-bond donors (Lipinski definition) is 0. The predicted octanol–water partition coefficient (Wildman–Crippen LogP) is 3.41. The molecular weight excluding hydrogens is 276 g/mol. The highest BCUT2D eigenvalue weighted by Gasteiger charge is 2.36. The number of amides is 1. The maximum atomic E-state index is 13.5. The number of rotatable bonds is 5. The van der Waals surface area contributed by atoms with E-state index in [1.165, 1.54) is 6.20 Å². The first-order valence-electron chi connectivity index (χ1n) is 6.27. The van der Waals surface area contributed by atoms with Crippen molar-refractivity contribution in [1.29, 1.82) is 0 Å². The second-order valence-electron chi connectivity index (χ2n) is 4.37. The van der Waals surface area contributed by atoms with Crippen LogP contribution in [0, 0.1) is 5.82 Å². The molecule has 1 aromatic rings. The molecule has 112 valence electrons. The largest absolute Gasteiger partial charge is 0.406 e. The summed E-state index contributed by atoms with van der Waals surface area (Å²) in [6.07, 6.45) is -1.81. The Hall–Kier alpha value is -1.66. The summed E-state index contributed by atoms with van der Waals surface area (Å²) in [5, 5.41) is 0. The highest BCUT2D eigenvalue weighted by atomic mass is 19.4. The molecule has 0 spiro atoms. The van der Waals surface area contributed by atoms with E-state index >= 15 is 0 Å². The van der Waals surface area contributed by atoms with E-state index in [4.69, 9.17) is 0 Å². The quantitative estimate of drug-likeness (QED) is 0.779. The second-order valence-corrected chi connectivity index (χ2v) is 4.37. The molecular formula is C13H16F4N2O. The summed E-state index contributed by atoms with van der Waals surface area (Å²) in [6.45, 7) is 1.99. The lowest BCUT2D eigenvalue weighted by molar-refractivity contribution is -0.145. The van der Waals surface area contributed by atoms with Crippen molar-refractivity contribution in [2.45, 2.75) is 38.9 Å². The number of aromatic nitrogens is 1. The molecule has 0 N–H and O–H groups in total. The average molecular weight is 292 g/mol. The van der Waals surface area contributed by atoms with Gasteiger partial charge in [-0.15, -0.1) is 0 Å². The molecule has 0 saturated carbocycles. The molecule has 3 nitrogen and oxygen atoms in total. The minimum Gasteiger partial charge on any atom is -0.326 e. The van der Waals surface area contributed by atoms with E-state index in [9.17, 15) is 22.4 Å². The van der Waals surface area contributed by atoms with Gasteiger partial charge in [0.25, 0.3) is 5.91 Å². The van der Waals surface area contributed by atoms with Gasteiger partial charge in [0.15, 0.2) is 5.82 Å². The third-order valence-corrected chi connectivity index (χ3v) is 3.00. The van der Waals surface area contributed by atoms with Gasteiger partial charge in [-0.05, 0) is 18.9 Å². The van der Waals surface area contributed by atoms with E-state index in [1.54, 1.807) is 13.8 Å². The Balaban J connectivity index is 3.10. The minimum atomic E-state index is -4.53. The van der Waals surface area contributed by atoms with Crippen molar-refractivity contribution in [2.75, 3.05) is 6.54 Å². The fourth-order valence-electron chi connectivity index (χ4n) is 1.99. The first-order chi connectivity index (χ1) is 9.30. The van der Waals surface area contributed by atoms with Crippen molar-refractivity contribution >= 4 is 5.91 Å².